The van der Waals surface area contributed by atoms with Gasteiger partial charge < -0.3 is 5.73 Å². The van der Waals surface area contributed by atoms with Crippen molar-refractivity contribution in [2.75, 3.05) is 0 Å². The summed E-state index contributed by atoms with van der Waals surface area (Å²) < 4.78 is 25.9. The molecule has 0 radical (unpaired) electrons. The number of hydrogen-bond donors (Lipinski definition) is 1. The Kier molecular flexibility index (Phi) is 2.67. The number of hydrogen-bond acceptors (Lipinski definition) is 3. The van der Waals surface area contributed by atoms with E-state index in [1.807, 2.05) is 0 Å². The van der Waals surface area contributed by atoms with E-state index in [4.69, 9.17) is 5.73 Å². The predicted molar refractivity (Wildman–Crippen MR) is 41.8 cm³/mol. The highest BCUT2D eigenvalue weighted by molar-refractivity contribution is 5.82. The van der Waals surface area contributed by atoms with E-state index >= 15 is 0 Å². The molecule has 2 N–H and O–H groups in total. The van der Waals surface area contributed by atoms with E-state index < -0.39 is 29.0 Å². The van der Waals surface area contributed by atoms with Gasteiger partial charge in [-0.15, -0.1) is 0 Å². The van der Waals surface area contributed by atoms with Crippen molar-refractivity contribution >= 4 is 5.78 Å². The smallest absolute Gasteiger partial charge is 0.151 e. The second-order valence-corrected chi connectivity index (χ2v) is 2.61. The fourth-order valence-electron chi connectivity index (χ4n) is 0.922. The van der Waals surface area contributed by atoms with Crippen molar-refractivity contribution in [1.29, 1.82) is 0 Å². The quantitative estimate of drug-likeness (QED) is 0.748. The molecule has 0 aliphatic heterocycles. The number of aromatic nitrogens is 1. The Morgan fingerprint density at radius 2 is 1.92 bits per heavy atom. The molecule has 1 rings (SSSR count). The topological polar surface area (TPSA) is 56.0 Å². The van der Waals surface area contributed by atoms with Crippen LogP contribution in [0.2, 0.25) is 0 Å². The number of carbonyl (C=O) groups is 1. The van der Waals surface area contributed by atoms with Crippen LogP contribution >= 0.6 is 0 Å². The van der Waals surface area contributed by atoms with Crippen molar-refractivity contribution in [1.82, 2.24) is 4.98 Å². The Labute approximate surface area is 73.6 Å². The summed E-state index contributed by atoms with van der Waals surface area (Å²) in [6.07, 6.45) is 1.64. The van der Waals surface area contributed by atoms with E-state index in [-0.39, 0.29) is 0 Å². The summed E-state index contributed by atoms with van der Waals surface area (Å²) in [6, 6.07) is -1.26. The summed E-state index contributed by atoms with van der Waals surface area (Å²) in [4.78, 5) is 14.0. The van der Waals surface area contributed by atoms with Crippen LogP contribution in [0.25, 0.3) is 0 Å². The van der Waals surface area contributed by atoms with Crippen molar-refractivity contribution in [2.45, 2.75) is 13.0 Å². The summed E-state index contributed by atoms with van der Waals surface area (Å²) in [7, 11) is 0. The first-order chi connectivity index (χ1) is 6.04. The zero-order chi connectivity index (χ0) is 10.0. The van der Waals surface area contributed by atoms with Crippen molar-refractivity contribution in [3.8, 4) is 0 Å². The number of nitrogens with zero attached hydrogens (tertiary/aromatic N) is 1. The van der Waals surface area contributed by atoms with Gasteiger partial charge in [0.15, 0.2) is 5.78 Å². The first-order valence-electron chi connectivity index (χ1n) is 3.59. The molecular formula is C8H8F2N2O. The number of carbonyl (C=O) groups excluding carboxylic acids is 1. The van der Waals surface area contributed by atoms with Crippen LogP contribution in [0.1, 0.15) is 18.5 Å². The molecule has 1 unspecified atom stereocenters. The third-order valence-corrected chi connectivity index (χ3v) is 1.64. The summed E-state index contributed by atoms with van der Waals surface area (Å²) in [6.45, 7) is 1.17. The van der Waals surface area contributed by atoms with E-state index in [9.17, 15) is 13.6 Å². The number of Topliss-reactive ketones (excluding diaryl/α,β-unsaturated/α-hetero) is 1. The highest BCUT2D eigenvalue weighted by atomic mass is 19.1. The second-order valence-electron chi connectivity index (χ2n) is 2.61. The predicted octanol–water partition coefficient (Wildman–Crippen LogP) is 0.949. The molecule has 0 aliphatic rings. The van der Waals surface area contributed by atoms with Gasteiger partial charge in [0.2, 0.25) is 0 Å². The molecule has 0 amide bonds. The van der Waals surface area contributed by atoms with E-state index in [1.54, 1.807) is 0 Å². The first-order valence-corrected chi connectivity index (χ1v) is 3.59. The van der Waals surface area contributed by atoms with Crippen molar-refractivity contribution in [3.05, 3.63) is 29.6 Å². The van der Waals surface area contributed by atoms with Crippen LogP contribution in [0.5, 0.6) is 0 Å². The molecule has 0 saturated heterocycles. The third-order valence-electron chi connectivity index (χ3n) is 1.64. The Morgan fingerprint density at radius 3 is 2.31 bits per heavy atom. The van der Waals surface area contributed by atoms with Gasteiger partial charge in [-0.2, -0.15) is 0 Å². The maximum atomic E-state index is 12.9. The Hall–Kier alpha value is -1.36. The molecule has 0 fully saturated rings. The molecule has 5 heteroatoms. The summed E-state index contributed by atoms with van der Waals surface area (Å²) in [5.41, 5.74) is 4.85. The zero-order valence-corrected chi connectivity index (χ0v) is 6.92. The minimum Gasteiger partial charge on any atom is -0.318 e. The summed E-state index contributed by atoms with van der Waals surface area (Å²) >= 11 is 0. The van der Waals surface area contributed by atoms with Crippen LogP contribution < -0.4 is 5.73 Å². The normalized spacial score (nSPS) is 12.6. The van der Waals surface area contributed by atoms with Crippen molar-refractivity contribution in [2.24, 2.45) is 5.73 Å². The Balaban J connectivity index is 3.20. The van der Waals surface area contributed by atoms with Gasteiger partial charge >= 0.3 is 0 Å². The minimum absolute atomic E-state index is 0.428. The van der Waals surface area contributed by atoms with Crippen LogP contribution in [-0.4, -0.2) is 10.8 Å². The fraction of sp³-hybridized carbons (Fsp3) is 0.250. The van der Waals surface area contributed by atoms with Gasteiger partial charge in [0.25, 0.3) is 0 Å². The number of pyridine rings is 1. The standard InChI is InChI=1S/C8H8F2N2O/c1-4(13)8(11)7-5(9)2-12-3-6(7)10/h2-3,8H,11H2,1H3. The minimum atomic E-state index is -1.26. The van der Waals surface area contributed by atoms with Gasteiger partial charge in [-0.25, -0.2) is 8.78 Å². The Bertz CT molecular complexity index is 321. The monoisotopic (exact) mass is 186 g/mol. The van der Waals surface area contributed by atoms with Gasteiger partial charge in [0.05, 0.1) is 24.0 Å². The summed E-state index contributed by atoms with van der Waals surface area (Å²) in [5, 5.41) is 0. The highest BCUT2D eigenvalue weighted by Crippen LogP contribution is 2.17. The van der Waals surface area contributed by atoms with Crippen LogP contribution in [0, 0.1) is 11.6 Å². The van der Waals surface area contributed by atoms with Crippen molar-refractivity contribution in [3.63, 3.8) is 0 Å². The molecule has 1 heterocycles. The fourth-order valence-corrected chi connectivity index (χ4v) is 0.922. The van der Waals surface area contributed by atoms with Gasteiger partial charge in [0, 0.05) is 0 Å². The number of nitrogens with two attached hydrogens (primary N) is 1. The zero-order valence-electron chi connectivity index (χ0n) is 6.92. The van der Waals surface area contributed by atoms with E-state index in [2.05, 4.69) is 4.98 Å². The first kappa shape index (κ1) is 9.73. The van der Waals surface area contributed by atoms with E-state index in [0.29, 0.717) is 0 Å². The van der Waals surface area contributed by atoms with Gasteiger partial charge in [-0.1, -0.05) is 0 Å². The molecule has 0 aromatic carbocycles. The van der Waals surface area contributed by atoms with Crippen LogP contribution in [0.3, 0.4) is 0 Å². The van der Waals surface area contributed by atoms with Gasteiger partial charge in [-0.05, 0) is 6.92 Å². The average molecular weight is 186 g/mol. The number of rotatable bonds is 2. The second kappa shape index (κ2) is 3.57. The number of ketones is 1. The lowest BCUT2D eigenvalue weighted by molar-refractivity contribution is -0.118. The highest BCUT2D eigenvalue weighted by Gasteiger charge is 2.20. The van der Waals surface area contributed by atoms with Crippen LogP contribution in [0.15, 0.2) is 12.4 Å². The molecule has 1 aromatic heterocycles. The maximum absolute atomic E-state index is 12.9. The van der Waals surface area contributed by atoms with Crippen LogP contribution in [-0.2, 0) is 4.79 Å². The van der Waals surface area contributed by atoms with E-state index in [1.165, 1.54) is 6.92 Å². The maximum Gasteiger partial charge on any atom is 0.151 e. The lowest BCUT2D eigenvalue weighted by atomic mass is 10.1. The molecule has 0 bridgehead atoms. The van der Waals surface area contributed by atoms with Gasteiger partial charge in [-0.3, -0.25) is 9.78 Å². The number of halogens is 2. The molecular weight excluding hydrogens is 178 g/mol. The molecule has 3 nitrogen and oxygen atoms in total. The van der Waals surface area contributed by atoms with Crippen LogP contribution in [0.4, 0.5) is 8.78 Å². The largest absolute Gasteiger partial charge is 0.318 e. The molecule has 1 aromatic rings. The summed E-state index contributed by atoms with van der Waals surface area (Å²) in [5.74, 6) is -2.30. The third kappa shape index (κ3) is 1.86. The SMILES string of the molecule is CC(=O)C(N)c1c(F)cncc1F. The van der Waals surface area contributed by atoms with Gasteiger partial charge in [0.1, 0.15) is 11.6 Å². The van der Waals surface area contributed by atoms with E-state index in [0.717, 1.165) is 12.4 Å². The molecule has 13 heavy (non-hydrogen) atoms. The average Bonchev–Trinajstić information content (AvgIpc) is 2.03. The molecule has 0 aliphatic carbocycles. The van der Waals surface area contributed by atoms with Crippen molar-refractivity contribution < 1.29 is 13.6 Å². The Morgan fingerprint density at radius 1 is 1.46 bits per heavy atom. The molecule has 1 atom stereocenters. The molecule has 0 saturated carbocycles. The molecule has 70 valence electrons. The lowest BCUT2D eigenvalue weighted by Crippen LogP contribution is -2.21. The lowest BCUT2D eigenvalue weighted by Gasteiger charge is -2.09. The molecule has 0 spiro atoms.